The van der Waals surface area contributed by atoms with Crippen LogP contribution in [0.5, 0.6) is 0 Å². The molecule has 1 saturated heterocycles. The number of nitrogens with two attached hydrogens (primary N) is 1. The van der Waals surface area contributed by atoms with Crippen molar-refractivity contribution in [2.75, 3.05) is 24.3 Å². The van der Waals surface area contributed by atoms with E-state index in [9.17, 15) is 18.0 Å². The molecule has 1 amide bonds. The highest BCUT2D eigenvalue weighted by Crippen LogP contribution is 2.22. The molecule has 0 saturated carbocycles. The zero-order chi connectivity index (χ0) is 15.6. The fourth-order valence-corrected chi connectivity index (χ4v) is 2.99. The predicted octanol–water partition coefficient (Wildman–Crippen LogP) is -1.84. The molecule has 11 heteroatoms. The van der Waals surface area contributed by atoms with E-state index in [1.165, 1.54) is 12.0 Å². The second-order valence-electron chi connectivity index (χ2n) is 4.74. The normalized spacial score (nSPS) is 19.0. The maximum Gasteiger partial charge on any atom is 0.313 e. The lowest BCUT2D eigenvalue weighted by atomic mass is 10.1. The van der Waals surface area contributed by atoms with Crippen LogP contribution in [0.3, 0.4) is 0 Å². The second-order valence-corrected chi connectivity index (χ2v) is 6.40. The summed E-state index contributed by atoms with van der Waals surface area (Å²) in [6.45, 7) is 0.171. The summed E-state index contributed by atoms with van der Waals surface area (Å²) >= 11 is 0. The molecule has 0 aliphatic carbocycles. The molecule has 2 rings (SSSR count). The Morgan fingerprint density at radius 1 is 1.57 bits per heavy atom. The van der Waals surface area contributed by atoms with Gasteiger partial charge in [-0.25, -0.2) is 13.6 Å². The number of primary sulfonamides is 1. The van der Waals surface area contributed by atoms with Crippen molar-refractivity contribution in [1.29, 1.82) is 0 Å². The molecule has 21 heavy (non-hydrogen) atoms. The van der Waals surface area contributed by atoms with Crippen molar-refractivity contribution < 1.29 is 22.7 Å². The Kier molecular flexibility index (Phi) is 4.23. The number of nitrogens with one attached hydrogen (secondary N) is 1. The summed E-state index contributed by atoms with van der Waals surface area (Å²) in [5.41, 5.74) is 0. The maximum atomic E-state index is 11.9. The lowest BCUT2D eigenvalue weighted by Crippen LogP contribution is -2.28. The first-order chi connectivity index (χ1) is 9.78. The van der Waals surface area contributed by atoms with E-state index in [2.05, 4.69) is 19.9 Å². The van der Waals surface area contributed by atoms with E-state index < -0.39 is 21.9 Å². The van der Waals surface area contributed by atoms with Gasteiger partial charge in [-0.1, -0.05) is 0 Å². The van der Waals surface area contributed by atoms with Crippen LogP contribution < -0.4 is 10.0 Å². The molecule has 0 aromatic carbocycles. The van der Waals surface area contributed by atoms with Gasteiger partial charge in [0.15, 0.2) is 0 Å². The minimum absolute atomic E-state index is 0.0668. The molecule has 1 atom stereocenters. The number of hydrogen-bond acceptors (Lipinski definition) is 7. The van der Waals surface area contributed by atoms with Gasteiger partial charge in [-0.15, -0.1) is 5.10 Å². The highest BCUT2D eigenvalue weighted by Gasteiger charge is 2.34. The Hall–Kier alpha value is -2.01. The van der Waals surface area contributed by atoms with E-state index in [1.807, 2.05) is 0 Å². The van der Waals surface area contributed by atoms with Crippen LogP contribution in [0, 0.1) is 5.92 Å². The molecule has 1 aromatic rings. The first-order valence-corrected chi connectivity index (χ1v) is 7.79. The Labute approximate surface area is 120 Å². The quantitative estimate of drug-likeness (QED) is 0.606. The summed E-state index contributed by atoms with van der Waals surface area (Å²) in [6, 6.07) is 0. The molecule has 1 aliphatic heterocycles. The van der Waals surface area contributed by atoms with Gasteiger partial charge < -0.3 is 4.74 Å². The summed E-state index contributed by atoms with van der Waals surface area (Å²) < 4.78 is 26.6. The standard InChI is InChI=1S/C10H15N5O5S/c1-20-9(17)3-7-12-10(14-13-7)15-4-6(2-8(15)16)5-21(11,18)19/h6H,2-5H2,1H3,(H2,11,18,19)(H,12,13,14). The van der Waals surface area contributed by atoms with Gasteiger partial charge in [0.1, 0.15) is 12.2 Å². The molecule has 0 spiro atoms. The number of carbonyl (C=O) groups is 2. The molecule has 10 nitrogen and oxygen atoms in total. The average Bonchev–Trinajstić information content (AvgIpc) is 2.94. The lowest BCUT2D eigenvalue weighted by molar-refractivity contribution is -0.139. The van der Waals surface area contributed by atoms with Crippen molar-refractivity contribution in [3.63, 3.8) is 0 Å². The number of rotatable bonds is 5. The minimum atomic E-state index is -3.64. The number of carbonyl (C=O) groups excluding carboxylic acids is 2. The van der Waals surface area contributed by atoms with E-state index >= 15 is 0 Å². The van der Waals surface area contributed by atoms with Gasteiger partial charge in [-0.2, -0.15) is 4.98 Å². The summed E-state index contributed by atoms with van der Waals surface area (Å²) in [5.74, 6) is -1.07. The van der Waals surface area contributed by atoms with Crippen LogP contribution >= 0.6 is 0 Å². The fraction of sp³-hybridized carbons (Fsp3) is 0.600. The number of ether oxygens (including phenoxy) is 1. The summed E-state index contributed by atoms with van der Waals surface area (Å²) in [5, 5.41) is 11.4. The van der Waals surface area contributed by atoms with E-state index in [-0.39, 0.29) is 42.8 Å². The highest BCUT2D eigenvalue weighted by molar-refractivity contribution is 7.89. The largest absolute Gasteiger partial charge is 0.469 e. The molecule has 1 aliphatic rings. The number of methoxy groups -OCH3 is 1. The Morgan fingerprint density at radius 3 is 2.90 bits per heavy atom. The molecule has 0 bridgehead atoms. The van der Waals surface area contributed by atoms with Crippen LogP contribution in [0.2, 0.25) is 0 Å². The number of anilines is 1. The van der Waals surface area contributed by atoms with Crippen LogP contribution in [-0.4, -0.2) is 54.9 Å². The fourth-order valence-electron chi connectivity index (χ4n) is 2.11. The number of amides is 1. The molecular formula is C10H15N5O5S. The number of hydrogen-bond donors (Lipinski definition) is 2. The number of esters is 1. The Balaban J connectivity index is 2.05. The van der Waals surface area contributed by atoms with Crippen molar-refractivity contribution in [1.82, 2.24) is 15.2 Å². The third-order valence-electron chi connectivity index (χ3n) is 2.97. The summed E-state index contributed by atoms with van der Waals surface area (Å²) in [6.07, 6.45) is -0.0244. The third kappa shape index (κ3) is 3.98. The minimum Gasteiger partial charge on any atom is -0.469 e. The molecule has 1 aromatic heterocycles. The molecule has 1 fully saturated rings. The van der Waals surface area contributed by atoms with Gasteiger partial charge in [0.2, 0.25) is 15.9 Å². The van der Waals surface area contributed by atoms with Crippen molar-refractivity contribution >= 4 is 27.8 Å². The van der Waals surface area contributed by atoms with Crippen LogP contribution in [-0.2, 0) is 30.8 Å². The van der Waals surface area contributed by atoms with Gasteiger partial charge in [0.25, 0.3) is 5.95 Å². The molecular weight excluding hydrogens is 302 g/mol. The van der Waals surface area contributed by atoms with Crippen LogP contribution in [0.15, 0.2) is 0 Å². The van der Waals surface area contributed by atoms with Crippen LogP contribution in [0.25, 0.3) is 0 Å². The number of sulfonamides is 1. The number of H-pyrrole nitrogens is 1. The van der Waals surface area contributed by atoms with Crippen molar-refractivity contribution in [3.8, 4) is 0 Å². The van der Waals surface area contributed by atoms with Crippen molar-refractivity contribution in [3.05, 3.63) is 5.82 Å². The number of aromatic amines is 1. The van der Waals surface area contributed by atoms with Crippen LogP contribution in [0.1, 0.15) is 12.2 Å². The molecule has 1 unspecified atom stereocenters. The van der Waals surface area contributed by atoms with Gasteiger partial charge in [0, 0.05) is 18.9 Å². The SMILES string of the molecule is COC(=O)Cc1nc(N2CC(CS(N)(=O)=O)CC2=O)n[nH]1. The topological polar surface area (TPSA) is 148 Å². The van der Waals surface area contributed by atoms with Crippen LogP contribution in [0.4, 0.5) is 5.95 Å². The number of nitrogens with zero attached hydrogens (tertiary/aromatic N) is 3. The number of aromatic nitrogens is 3. The Bertz CT molecular complexity index is 655. The zero-order valence-corrected chi connectivity index (χ0v) is 12.1. The van der Waals surface area contributed by atoms with E-state index in [0.29, 0.717) is 0 Å². The first-order valence-electron chi connectivity index (χ1n) is 6.07. The summed E-state index contributed by atoms with van der Waals surface area (Å²) in [4.78, 5) is 28.3. The van der Waals surface area contributed by atoms with Gasteiger partial charge >= 0.3 is 5.97 Å². The molecule has 3 N–H and O–H groups in total. The van der Waals surface area contributed by atoms with Crippen molar-refractivity contribution in [2.24, 2.45) is 11.1 Å². The maximum absolute atomic E-state index is 11.9. The van der Waals surface area contributed by atoms with Crippen molar-refractivity contribution in [2.45, 2.75) is 12.8 Å². The average molecular weight is 317 g/mol. The van der Waals surface area contributed by atoms with Gasteiger partial charge in [-0.05, 0) is 0 Å². The highest BCUT2D eigenvalue weighted by atomic mass is 32.2. The van der Waals surface area contributed by atoms with Gasteiger partial charge in [0.05, 0.1) is 12.9 Å². The van der Waals surface area contributed by atoms with E-state index in [4.69, 9.17) is 5.14 Å². The molecule has 2 heterocycles. The lowest BCUT2D eigenvalue weighted by Gasteiger charge is -2.11. The Morgan fingerprint density at radius 2 is 2.29 bits per heavy atom. The van der Waals surface area contributed by atoms with Gasteiger partial charge in [-0.3, -0.25) is 19.6 Å². The van der Waals surface area contributed by atoms with E-state index in [0.717, 1.165) is 0 Å². The molecule has 116 valence electrons. The zero-order valence-electron chi connectivity index (χ0n) is 11.3. The molecule has 0 radical (unpaired) electrons. The monoisotopic (exact) mass is 317 g/mol. The predicted molar refractivity (Wildman–Crippen MR) is 70.5 cm³/mol. The first kappa shape index (κ1) is 15.4. The smallest absolute Gasteiger partial charge is 0.313 e. The third-order valence-corrected chi connectivity index (χ3v) is 3.91. The van der Waals surface area contributed by atoms with E-state index in [1.54, 1.807) is 0 Å². The second kappa shape index (κ2) is 5.77. The summed E-state index contributed by atoms with van der Waals surface area (Å²) in [7, 11) is -2.39.